The zero-order valence-electron chi connectivity index (χ0n) is 9.56. The molecule has 2 aromatic rings. The Morgan fingerprint density at radius 1 is 1.35 bits per heavy atom. The first-order valence-electron chi connectivity index (χ1n) is 5.56. The summed E-state index contributed by atoms with van der Waals surface area (Å²) in [5.41, 5.74) is 6.77. The standard InChI is InChI=1S/C12H14ClN3O/c1-2-3-10(14)12-15-11(16-17-12)8-4-6-9(13)7-5-8/h4-7,10H,2-3,14H2,1H3. The molecule has 1 unspecified atom stereocenters. The number of aromatic nitrogens is 2. The Morgan fingerprint density at radius 2 is 2.06 bits per heavy atom. The SMILES string of the molecule is CCCC(N)c1nc(-c2ccc(Cl)cc2)no1. The van der Waals surface area contributed by atoms with E-state index in [1.807, 2.05) is 12.1 Å². The highest BCUT2D eigenvalue weighted by atomic mass is 35.5. The van der Waals surface area contributed by atoms with Gasteiger partial charge >= 0.3 is 0 Å². The van der Waals surface area contributed by atoms with Crippen molar-refractivity contribution >= 4 is 11.6 Å². The summed E-state index contributed by atoms with van der Waals surface area (Å²) in [5, 5.41) is 4.59. The summed E-state index contributed by atoms with van der Waals surface area (Å²) in [5.74, 6) is 1.03. The average Bonchev–Trinajstić information content (AvgIpc) is 2.80. The molecule has 1 heterocycles. The van der Waals surface area contributed by atoms with Crippen LogP contribution < -0.4 is 5.73 Å². The summed E-state index contributed by atoms with van der Waals surface area (Å²) < 4.78 is 5.14. The van der Waals surface area contributed by atoms with E-state index in [4.69, 9.17) is 21.9 Å². The van der Waals surface area contributed by atoms with Gasteiger partial charge in [-0.05, 0) is 30.7 Å². The Balaban J connectivity index is 2.20. The third-order valence-electron chi connectivity index (χ3n) is 2.46. The molecule has 5 heteroatoms. The molecule has 17 heavy (non-hydrogen) atoms. The van der Waals surface area contributed by atoms with Gasteiger partial charge in [0.25, 0.3) is 0 Å². The molecule has 0 aliphatic carbocycles. The highest BCUT2D eigenvalue weighted by Crippen LogP contribution is 2.21. The van der Waals surface area contributed by atoms with Crippen molar-refractivity contribution in [3.8, 4) is 11.4 Å². The Morgan fingerprint density at radius 3 is 2.71 bits per heavy atom. The average molecular weight is 252 g/mol. The summed E-state index contributed by atoms with van der Waals surface area (Å²) in [6.45, 7) is 2.07. The number of benzene rings is 1. The normalized spacial score (nSPS) is 12.6. The molecule has 0 saturated heterocycles. The van der Waals surface area contributed by atoms with Gasteiger partial charge in [0.2, 0.25) is 11.7 Å². The van der Waals surface area contributed by atoms with E-state index in [9.17, 15) is 0 Å². The van der Waals surface area contributed by atoms with Crippen LogP contribution in [0.15, 0.2) is 28.8 Å². The molecular weight excluding hydrogens is 238 g/mol. The largest absolute Gasteiger partial charge is 0.337 e. The molecule has 2 N–H and O–H groups in total. The van der Waals surface area contributed by atoms with Crippen LogP contribution in [0.25, 0.3) is 11.4 Å². The maximum absolute atomic E-state index is 5.90. The molecule has 0 amide bonds. The molecule has 1 atom stereocenters. The summed E-state index contributed by atoms with van der Waals surface area (Å²) in [7, 11) is 0. The third kappa shape index (κ3) is 2.84. The number of halogens is 1. The van der Waals surface area contributed by atoms with Gasteiger partial charge in [-0.3, -0.25) is 0 Å². The van der Waals surface area contributed by atoms with Gasteiger partial charge in [0.15, 0.2) is 0 Å². The Hall–Kier alpha value is -1.39. The molecule has 2 rings (SSSR count). The number of nitrogens with two attached hydrogens (primary N) is 1. The van der Waals surface area contributed by atoms with E-state index >= 15 is 0 Å². The predicted molar refractivity (Wildman–Crippen MR) is 66.6 cm³/mol. The van der Waals surface area contributed by atoms with Gasteiger partial charge in [-0.1, -0.05) is 30.1 Å². The van der Waals surface area contributed by atoms with Crippen LogP contribution >= 0.6 is 11.6 Å². The molecule has 90 valence electrons. The van der Waals surface area contributed by atoms with Gasteiger partial charge in [-0.25, -0.2) is 0 Å². The van der Waals surface area contributed by atoms with Gasteiger partial charge in [0, 0.05) is 10.6 Å². The van der Waals surface area contributed by atoms with E-state index in [0.717, 1.165) is 18.4 Å². The number of hydrogen-bond acceptors (Lipinski definition) is 4. The van der Waals surface area contributed by atoms with Crippen molar-refractivity contribution < 1.29 is 4.52 Å². The topological polar surface area (TPSA) is 64.9 Å². The highest BCUT2D eigenvalue weighted by molar-refractivity contribution is 6.30. The minimum absolute atomic E-state index is 0.187. The minimum Gasteiger partial charge on any atom is -0.337 e. The summed E-state index contributed by atoms with van der Waals surface area (Å²) >= 11 is 5.81. The molecule has 1 aromatic heterocycles. The van der Waals surface area contributed by atoms with Crippen LogP contribution in [0, 0.1) is 0 Å². The molecule has 0 radical (unpaired) electrons. The maximum Gasteiger partial charge on any atom is 0.243 e. The second-order valence-corrected chi connectivity index (χ2v) is 4.29. The summed E-state index contributed by atoms with van der Waals surface area (Å²) in [4.78, 5) is 4.28. The number of rotatable bonds is 4. The first kappa shape index (κ1) is 12.1. The van der Waals surface area contributed by atoms with Crippen LogP contribution in [0.3, 0.4) is 0 Å². The van der Waals surface area contributed by atoms with E-state index in [1.54, 1.807) is 12.1 Å². The molecule has 0 fully saturated rings. The fraction of sp³-hybridized carbons (Fsp3) is 0.333. The molecular formula is C12H14ClN3O. The predicted octanol–water partition coefficient (Wildman–Crippen LogP) is 3.19. The highest BCUT2D eigenvalue weighted by Gasteiger charge is 2.14. The molecule has 0 aliphatic rings. The van der Waals surface area contributed by atoms with E-state index in [1.165, 1.54) is 0 Å². The van der Waals surface area contributed by atoms with Crippen LogP contribution in [-0.4, -0.2) is 10.1 Å². The lowest BCUT2D eigenvalue weighted by Gasteiger charge is -2.02. The van der Waals surface area contributed by atoms with Gasteiger partial charge in [-0.15, -0.1) is 0 Å². The maximum atomic E-state index is 5.90. The van der Waals surface area contributed by atoms with Crippen molar-refractivity contribution in [2.45, 2.75) is 25.8 Å². The monoisotopic (exact) mass is 251 g/mol. The van der Waals surface area contributed by atoms with Gasteiger partial charge < -0.3 is 10.3 Å². The second kappa shape index (κ2) is 5.29. The summed E-state index contributed by atoms with van der Waals surface area (Å²) in [6.07, 6.45) is 1.82. The van der Waals surface area contributed by atoms with E-state index < -0.39 is 0 Å². The van der Waals surface area contributed by atoms with E-state index in [0.29, 0.717) is 16.7 Å². The van der Waals surface area contributed by atoms with Crippen molar-refractivity contribution in [2.24, 2.45) is 5.73 Å². The van der Waals surface area contributed by atoms with Crippen molar-refractivity contribution in [3.63, 3.8) is 0 Å². The molecule has 0 bridgehead atoms. The van der Waals surface area contributed by atoms with Gasteiger partial charge in [0.1, 0.15) is 0 Å². The van der Waals surface area contributed by atoms with Crippen LogP contribution in [-0.2, 0) is 0 Å². The first-order valence-corrected chi connectivity index (χ1v) is 5.93. The van der Waals surface area contributed by atoms with Crippen LogP contribution in [0.5, 0.6) is 0 Å². The van der Waals surface area contributed by atoms with Crippen LogP contribution in [0.1, 0.15) is 31.7 Å². The quantitative estimate of drug-likeness (QED) is 0.906. The smallest absolute Gasteiger partial charge is 0.243 e. The number of nitrogens with zero attached hydrogens (tertiary/aromatic N) is 2. The third-order valence-corrected chi connectivity index (χ3v) is 2.71. The minimum atomic E-state index is -0.187. The molecule has 4 nitrogen and oxygen atoms in total. The van der Waals surface area contributed by atoms with E-state index in [2.05, 4.69) is 17.1 Å². The van der Waals surface area contributed by atoms with Gasteiger partial charge in [0.05, 0.1) is 6.04 Å². The van der Waals surface area contributed by atoms with Gasteiger partial charge in [-0.2, -0.15) is 4.98 Å². The molecule has 0 saturated carbocycles. The van der Waals surface area contributed by atoms with Crippen LogP contribution in [0.4, 0.5) is 0 Å². The number of hydrogen-bond donors (Lipinski definition) is 1. The lowest BCUT2D eigenvalue weighted by Crippen LogP contribution is -2.09. The van der Waals surface area contributed by atoms with Crippen molar-refractivity contribution in [1.29, 1.82) is 0 Å². The zero-order valence-corrected chi connectivity index (χ0v) is 10.3. The Kier molecular flexibility index (Phi) is 3.76. The van der Waals surface area contributed by atoms with Crippen LogP contribution in [0.2, 0.25) is 5.02 Å². The van der Waals surface area contributed by atoms with Crippen molar-refractivity contribution in [2.75, 3.05) is 0 Å². The molecule has 1 aromatic carbocycles. The molecule has 0 spiro atoms. The van der Waals surface area contributed by atoms with Crippen molar-refractivity contribution in [3.05, 3.63) is 35.2 Å². The first-order chi connectivity index (χ1) is 8.20. The zero-order chi connectivity index (χ0) is 12.3. The lowest BCUT2D eigenvalue weighted by atomic mass is 10.2. The Labute approximate surface area is 105 Å². The lowest BCUT2D eigenvalue weighted by molar-refractivity contribution is 0.348. The van der Waals surface area contributed by atoms with E-state index in [-0.39, 0.29) is 6.04 Å². The fourth-order valence-corrected chi connectivity index (χ4v) is 1.66. The fourth-order valence-electron chi connectivity index (χ4n) is 1.54. The molecule has 0 aliphatic heterocycles. The Bertz CT molecular complexity index is 481. The summed E-state index contributed by atoms with van der Waals surface area (Å²) in [6, 6.07) is 7.09. The second-order valence-electron chi connectivity index (χ2n) is 3.86. The van der Waals surface area contributed by atoms with Crippen molar-refractivity contribution in [1.82, 2.24) is 10.1 Å².